The summed E-state index contributed by atoms with van der Waals surface area (Å²) in [6.45, 7) is 0. The average molecular weight is 175 g/mol. The lowest BCUT2D eigenvalue weighted by Crippen LogP contribution is -2.03. The minimum absolute atomic E-state index is 0.195. The molecule has 0 unspecified atom stereocenters. The summed E-state index contributed by atoms with van der Waals surface area (Å²) in [4.78, 5) is 10.3. The second-order valence-corrected chi connectivity index (χ2v) is 2.18. The summed E-state index contributed by atoms with van der Waals surface area (Å²) >= 11 is 3.08. The second-order valence-electron chi connectivity index (χ2n) is 1.26. The van der Waals surface area contributed by atoms with Gasteiger partial charge in [0.15, 0.2) is 0 Å². The maximum Gasteiger partial charge on any atom is 0.265 e. The summed E-state index contributed by atoms with van der Waals surface area (Å²) in [6, 6.07) is 1.41. The fourth-order valence-corrected chi connectivity index (χ4v) is 0.663. The number of halogens is 1. The molecule has 0 aromatic carbocycles. The first-order chi connectivity index (χ1) is 3.79. The molecule has 3 nitrogen and oxygen atoms in total. The topological polar surface area (TPSA) is 45.8 Å². The Bertz CT molecular complexity index is 231. The van der Waals surface area contributed by atoms with Gasteiger partial charge in [-0.3, -0.25) is 4.79 Å². The Balaban J connectivity index is 3.28. The van der Waals surface area contributed by atoms with Gasteiger partial charge in [0.05, 0.1) is 6.20 Å². The predicted molar refractivity (Wildman–Crippen MR) is 32.6 cm³/mol. The number of aromatic amines is 1. The van der Waals surface area contributed by atoms with Crippen molar-refractivity contribution in [2.75, 3.05) is 0 Å². The Hall–Kier alpha value is -0.640. The smallest absolute Gasteiger partial charge is 0.265 e. The number of nitrogens with zero attached hydrogens (tertiary/aromatic N) is 1. The molecular weight excluding hydrogens is 172 g/mol. The highest BCUT2D eigenvalue weighted by Crippen LogP contribution is 1.99. The summed E-state index contributed by atoms with van der Waals surface area (Å²) in [5.41, 5.74) is -0.195. The SMILES string of the molecule is O=c1cc(Br)cn[nH]1. The van der Waals surface area contributed by atoms with E-state index in [1.54, 1.807) is 0 Å². The lowest BCUT2D eigenvalue weighted by Gasteiger charge is -1.80. The molecule has 0 saturated carbocycles. The average Bonchev–Trinajstić information content (AvgIpc) is 1.64. The van der Waals surface area contributed by atoms with Crippen molar-refractivity contribution in [3.05, 3.63) is 27.1 Å². The van der Waals surface area contributed by atoms with E-state index in [9.17, 15) is 4.79 Å². The van der Waals surface area contributed by atoms with E-state index in [2.05, 4.69) is 26.1 Å². The van der Waals surface area contributed by atoms with Gasteiger partial charge in [-0.25, -0.2) is 5.10 Å². The molecule has 1 heterocycles. The Morgan fingerprint density at radius 1 is 1.75 bits per heavy atom. The van der Waals surface area contributed by atoms with Gasteiger partial charge in [0, 0.05) is 10.5 Å². The van der Waals surface area contributed by atoms with Gasteiger partial charge in [0.1, 0.15) is 0 Å². The van der Waals surface area contributed by atoms with Gasteiger partial charge in [-0.2, -0.15) is 5.10 Å². The van der Waals surface area contributed by atoms with Crippen LogP contribution in [-0.2, 0) is 0 Å². The molecule has 42 valence electrons. The van der Waals surface area contributed by atoms with E-state index in [0.717, 1.165) is 0 Å². The highest BCUT2D eigenvalue weighted by atomic mass is 79.9. The zero-order valence-electron chi connectivity index (χ0n) is 3.89. The number of nitrogens with one attached hydrogen (secondary N) is 1. The third kappa shape index (κ3) is 1.16. The van der Waals surface area contributed by atoms with Crippen LogP contribution in [0.3, 0.4) is 0 Å². The van der Waals surface area contributed by atoms with Crippen LogP contribution in [-0.4, -0.2) is 10.2 Å². The van der Waals surface area contributed by atoms with Gasteiger partial charge < -0.3 is 0 Å². The highest BCUT2D eigenvalue weighted by Gasteiger charge is 1.83. The summed E-state index contributed by atoms with van der Waals surface area (Å²) in [6.07, 6.45) is 1.52. The van der Waals surface area contributed by atoms with Crippen molar-refractivity contribution in [1.29, 1.82) is 0 Å². The van der Waals surface area contributed by atoms with Gasteiger partial charge >= 0.3 is 0 Å². The summed E-state index contributed by atoms with van der Waals surface area (Å²) < 4.78 is 0.696. The molecule has 0 bridgehead atoms. The fourth-order valence-electron chi connectivity index (χ4n) is 0.352. The van der Waals surface area contributed by atoms with E-state index in [1.807, 2.05) is 0 Å². The predicted octanol–water partition coefficient (Wildman–Crippen LogP) is 0.532. The lowest BCUT2D eigenvalue weighted by molar-refractivity contribution is 0.981. The monoisotopic (exact) mass is 174 g/mol. The Labute approximate surface area is 53.9 Å². The molecule has 0 radical (unpaired) electrons. The summed E-state index contributed by atoms with van der Waals surface area (Å²) in [7, 11) is 0. The summed E-state index contributed by atoms with van der Waals surface area (Å²) in [5.74, 6) is 0. The van der Waals surface area contributed by atoms with Gasteiger partial charge in [0.2, 0.25) is 0 Å². The first kappa shape index (κ1) is 5.50. The number of rotatable bonds is 0. The first-order valence-electron chi connectivity index (χ1n) is 1.99. The third-order valence-corrected chi connectivity index (χ3v) is 1.07. The van der Waals surface area contributed by atoms with E-state index in [0.29, 0.717) is 4.47 Å². The zero-order valence-corrected chi connectivity index (χ0v) is 5.47. The van der Waals surface area contributed by atoms with E-state index in [1.165, 1.54) is 12.3 Å². The molecule has 1 aromatic heterocycles. The van der Waals surface area contributed by atoms with Crippen LogP contribution in [0.4, 0.5) is 0 Å². The van der Waals surface area contributed by atoms with Crippen molar-refractivity contribution in [2.24, 2.45) is 0 Å². The number of hydrogen-bond donors (Lipinski definition) is 1. The molecule has 0 saturated heterocycles. The van der Waals surface area contributed by atoms with Crippen LogP contribution >= 0.6 is 15.9 Å². The number of hydrogen-bond acceptors (Lipinski definition) is 2. The second kappa shape index (κ2) is 2.09. The molecule has 0 fully saturated rings. The molecular formula is C4H3BrN2O. The van der Waals surface area contributed by atoms with Crippen LogP contribution < -0.4 is 5.56 Å². The normalized spacial score (nSPS) is 9.12. The summed E-state index contributed by atoms with van der Waals surface area (Å²) in [5, 5.41) is 5.74. The molecule has 0 amide bonds. The molecule has 4 heteroatoms. The molecule has 0 aliphatic carbocycles. The van der Waals surface area contributed by atoms with Crippen LogP contribution in [0, 0.1) is 0 Å². The van der Waals surface area contributed by atoms with Crippen LogP contribution in [0.5, 0.6) is 0 Å². The van der Waals surface area contributed by atoms with Crippen molar-refractivity contribution < 1.29 is 0 Å². The maximum atomic E-state index is 10.3. The highest BCUT2D eigenvalue weighted by molar-refractivity contribution is 9.10. The Morgan fingerprint density at radius 2 is 2.50 bits per heavy atom. The Morgan fingerprint density at radius 3 is 2.88 bits per heavy atom. The minimum Gasteiger partial charge on any atom is -0.268 e. The fraction of sp³-hybridized carbons (Fsp3) is 0. The molecule has 1 N–H and O–H groups in total. The number of aromatic nitrogens is 2. The maximum absolute atomic E-state index is 10.3. The molecule has 0 spiro atoms. The van der Waals surface area contributed by atoms with E-state index < -0.39 is 0 Å². The van der Waals surface area contributed by atoms with Crippen molar-refractivity contribution in [2.45, 2.75) is 0 Å². The molecule has 0 aliphatic rings. The minimum atomic E-state index is -0.195. The standard InChI is InChI=1S/C4H3BrN2O/c5-3-1-4(8)7-6-2-3/h1-2H,(H,7,8). The zero-order chi connectivity index (χ0) is 5.98. The molecule has 0 atom stereocenters. The third-order valence-electron chi connectivity index (χ3n) is 0.632. The molecule has 0 aliphatic heterocycles. The van der Waals surface area contributed by atoms with Crippen LogP contribution in [0.1, 0.15) is 0 Å². The van der Waals surface area contributed by atoms with Crippen molar-refractivity contribution >= 4 is 15.9 Å². The lowest BCUT2D eigenvalue weighted by atomic mass is 10.6. The number of H-pyrrole nitrogens is 1. The van der Waals surface area contributed by atoms with Crippen LogP contribution in [0.2, 0.25) is 0 Å². The molecule has 1 aromatic rings. The van der Waals surface area contributed by atoms with Crippen LogP contribution in [0.15, 0.2) is 21.5 Å². The van der Waals surface area contributed by atoms with Crippen LogP contribution in [0.25, 0.3) is 0 Å². The van der Waals surface area contributed by atoms with Crippen molar-refractivity contribution in [3.8, 4) is 0 Å². The molecule has 8 heavy (non-hydrogen) atoms. The van der Waals surface area contributed by atoms with Gasteiger partial charge in [0.25, 0.3) is 5.56 Å². The first-order valence-corrected chi connectivity index (χ1v) is 2.78. The van der Waals surface area contributed by atoms with Gasteiger partial charge in [-0.15, -0.1) is 0 Å². The quantitative estimate of drug-likeness (QED) is 0.625. The van der Waals surface area contributed by atoms with E-state index in [4.69, 9.17) is 0 Å². The van der Waals surface area contributed by atoms with Crippen molar-refractivity contribution in [1.82, 2.24) is 10.2 Å². The van der Waals surface area contributed by atoms with Crippen molar-refractivity contribution in [3.63, 3.8) is 0 Å². The van der Waals surface area contributed by atoms with Gasteiger partial charge in [-0.05, 0) is 15.9 Å². The van der Waals surface area contributed by atoms with E-state index in [-0.39, 0.29) is 5.56 Å². The van der Waals surface area contributed by atoms with Gasteiger partial charge in [-0.1, -0.05) is 0 Å². The Kier molecular flexibility index (Phi) is 1.43. The largest absolute Gasteiger partial charge is 0.268 e. The molecule has 1 rings (SSSR count). The van der Waals surface area contributed by atoms with E-state index >= 15 is 0 Å².